The van der Waals surface area contributed by atoms with Gasteiger partial charge < -0.3 is 11.1 Å². The Morgan fingerprint density at radius 2 is 1.88 bits per heavy atom. The number of halogens is 1. The number of nitrogens with zero attached hydrogens (tertiary/aromatic N) is 2. The summed E-state index contributed by atoms with van der Waals surface area (Å²) in [5.41, 5.74) is 8.87. The summed E-state index contributed by atoms with van der Waals surface area (Å²) in [4.78, 5) is 12.6. The second kappa shape index (κ2) is 7.81. The molecule has 1 heterocycles. The molecular weight excluding hydrogens is 324 g/mol. The van der Waals surface area contributed by atoms with Crippen LogP contribution in [0.2, 0.25) is 0 Å². The van der Waals surface area contributed by atoms with Gasteiger partial charge in [-0.05, 0) is 26.0 Å². The van der Waals surface area contributed by atoms with Crippen molar-refractivity contribution in [2.45, 2.75) is 46.1 Å². The van der Waals surface area contributed by atoms with E-state index in [1.165, 1.54) is 5.56 Å². The van der Waals surface area contributed by atoms with E-state index < -0.39 is 0 Å². The average molecular weight is 351 g/mol. The summed E-state index contributed by atoms with van der Waals surface area (Å²) in [6.45, 7) is 10.5. The van der Waals surface area contributed by atoms with E-state index in [9.17, 15) is 4.79 Å². The molecule has 6 heteroatoms. The van der Waals surface area contributed by atoms with Crippen LogP contribution >= 0.6 is 12.4 Å². The van der Waals surface area contributed by atoms with Crippen molar-refractivity contribution >= 4 is 18.3 Å². The average Bonchev–Trinajstić information content (AvgIpc) is 2.93. The van der Waals surface area contributed by atoms with Crippen LogP contribution in [0.3, 0.4) is 0 Å². The number of nitrogens with one attached hydrogen (secondary N) is 1. The Morgan fingerprint density at radius 1 is 1.29 bits per heavy atom. The first-order chi connectivity index (χ1) is 10.7. The smallest absolute Gasteiger partial charge is 0.255 e. The largest absolute Gasteiger partial charge is 0.348 e. The summed E-state index contributed by atoms with van der Waals surface area (Å²) in [5.74, 6) is -0.133. The highest BCUT2D eigenvalue weighted by Crippen LogP contribution is 2.25. The third-order valence-electron chi connectivity index (χ3n) is 3.70. The number of benzene rings is 1. The van der Waals surface area contributed by atoms with E-state index in [0.29, 0.717) is 12.1 Å². The molecule has 0 saturated heterocycles. The normalized spacial score (nSPS) is 12.4. The van der Waals surface area contributed by atoms with Gasteiger partial charge in [-0.15, -0.1) is 12.4 Å². The summed E-state index contributed by atoms with van der Waals surface area (Å²) in [7, 11) is 0. The zero-order chi connectivity index (χ0) is 17.2. The lowest BCUT2D eigenvalue weighted by atomic mass is 9.89. The summed E-state index contributed by atoms with van der Waals surface area (Å²) < 4.78 is 1.77. The van der Waals surface area contributed by atoms with Crippen molar-refractivity contribution in [2.24, 2.45) is 5.73 Å². The molecule has 1 aromatic carbocycles. The van der Waals surface area contributed by atoms with Crippen LogP contribution in [-0.2, 0) is 5.41 Å². The molecule has 0 aliphatic rings. The quantitative estimate of drug-likeness (QED) is 0.890. The molecule has 0 aliphatic carbocycles. The van der Waals surface area contributed by atoms with Crippen LogP contribution in [0.4, 0.5) is 0 Å². The number of carbonyl (C=O) groups excluding carboxylic acids is 1. The number of amides is 1. The standard InChI is InChI=1S/C18H26N4O.ClH/c1-12-6-8-14(9-7-12)22-11-15(16(21-22)18(3,4)5)17(23)20-13(2)10-19;/h6-9,11,13H,10,19H2,1-5H3,(H,20,23);1H/t13-;/m0./s1. The van der Waals surface area contributed by atoms with Crippen molar-refractivity contribution in [3.8, 4) is 5.69 Å². The maximum atomic E-state index is 12.6. The second-order valence-electron chi connectivity index (χ2n) is 7.03. The molecule has 5 nitrogen and oxygen atoms in total. The van der Waals surface area contributed by atoms with Crippen molar-refractivity contribution in [1.29, 1.82) is 0 Å². The SMILES string of the molecule is Cc1ccc(-n2cc(C(=O)N[C@@H](C)CN)c(C(C)(C)C)n2)cc1.Cl. The summed E-state index contributed by atoms with van der Waals surface area (Å²) >= 11 is 0. The predicted octanol–water partition coefficient (Wildman–Crippen LogP) is 2.98. The molecule has 2 aromatic rings. The van der Waals surface area contributed by atoms with E-state index in [-0.39, 0.29) is 29.8 Å². The van der Waals surface area contributed by atoms with Gasteiger partial charge in [0.15, 0.2) is 0 Å². The third-order valence-corrected chi connectivity index (χ3v) is 3.70. The number of rotatable bonds is 4. The lowest BCUT2D eigenvalue weighted by molar-refractivity contribution is 0.0939. The van der Waals surface area contributed by atoms with Gasteiger partial charge in [-0.1, -0.05) is 38.5 Å². The van der Waals surface area contributed by atoms with Gasteiger partial charge in [0.05, 0.1) is 16.9 Å². The van der Waals surface area contributed by atoms with Crippen molar-refractivity contribution in [3.05, 3.63) is 47.3 Å². The predicted molar refractivity (Wildman–Crippen MR) is 100 cm³/mol. The first-order valence-corrected chi connectivity index (χ1v) is 7.90. The van der Waals surface area contributed by atoms with E-state index in [4.69, 9.17) is 5.73 Å². The fraction of sp³-hybridized carbons (Fsp3) is 0.444. The molecule has 0 fully saturated rings. The minimum atomic E-state index is -0.228. The third kappa shape index (κ3) is 4.58. The summed E-state index contributed by atoms with van der Waals surface area (Å²) in [5, 5.41) is 7.58. The monoisotopic (exact) mass is 350 g/mol. The van der Waals surface area contributed by atoms with Gasteiger partial charge >= 0.3 is 0 Å². The van der Waals surface area contributed by atoms with Crippen LogP contribution in [-0.4, -0.2) is 28.3 Å². The van der Waals surface area contributed by atoms with E-state index >= 15 is 0 Å². The molecule has 0 radical (unpaired) electrons. The molecule has 132 valence electrons. The Bertz CT molecular complexity index is 686. The van der Waals surface area contributed by atoms with Gasteiger partial charge in [-0.25, -0.2) is 4.68 Å². The number of aryl methyl sites for hydroxylation is 1. The molecule has 0 aliphatic heterocycles. The minimum Gasteiger partial charge on any atom is -0.348 e. The van der Waals surface area contributed by atoms with Crippen LogP contribution in [0.25, 0.3) is 5.69 Å². The van der Waals surface area contributed by atoms with Gasteiger partial charge in [-0.2, -0.15) is 5.10 Å². The molecule has 0 spiro atoms. The Kier molecular flexibility index (Phi) is 6.58. The number of nitrogens with two attached hydrogens (primary N) is 1. The number of carbonyl (C=O) groups is 1. The van der Waals surface area contributed by atoms with Crippen molar-refractivity contribution < 1.29 is 4.79 Å². The Morgan fingerprint density at radius 3 is 2.38 bits per heavy atom. The zero-order valence-corrected chi connectivity index (χ0v) is 15.8. The van der Waals surface area contributed by atoms with E-state index in [1.807, 2.05) is 38.1 Å². The highest BCUT2D eigenvalue weighted by atomic mass is 35.5. The molecule has 3 N–H and O–H groups in total. The Hall–Kier alpha value is -1.85. The fourth-order valence-electron chi connectivity index (χ4n) is 2.28. The number of hydrogen-bond acceptors (Lipinski definition) is 3. The molecule has 24 heavy (non-hydrogen) atoms. The van der Waals surface area contributed by atoms with E-state index in [0.717, 1.165) is 11.4 Å². The van der Waals surface area contributed by atoms with Crippen LogP contribution < -0.4 is 11.1 Å². The zero-order valence-electron chi connectivity index (χ0n) is 15.0. The summed E-state index contributed by atoms with van der Waals surface area (Å²) in [6, 6.07) is 7.99. The van der Waals surface area contributed by atoms with Crippen LogP contribution in [0.5, 0.6) is 0 Å². The molecule has 0 bridgehead atoms. The molecule has 1 amide bonds. The summed E-state index contributed by atoms with van der Waals surface area (Å²) in [6.07, 6.45) is 1.80. The lowest BCUT2D eigenvalue weighted by Gasteiger charge is -2.18. The number of hydrogen-bond donors (Lipinski definition) is 2. The number of aromatic nitrogens is 2. The minimum absolute atomic E-state index is 0. The Labute approximate surface area is 150 Å². The van der Waals surface area contributed by atoms with Crippen molar-refractivity contribution in [2.75, 3.05) is 6.54 Å². The topological polar surface area (TPSA) is 72.9 Å². The van der Waals surface area contributed by atoms with Gasteiger partial charge in [0, 0.05) is 24.2 Å². The highest BCUT2D eigenvalue weighted by molar-refractivity contribution is 5.95. The van der Waals surface area contributed by atoms with Gasteiger partial charge in [0.1, 0.15) is 0 Å². The van der Waals surface area contributed by atoms with Crippen molar-refractivity contribution in [3.63, 3.8) is 0 Å². The molecule has 2 rings (SSSR count). The van der Waals surface area contributed by atoms with Crippen LogP contribution in [0.1, 0.15) is 49.3 Å². The first-order valence-electron chi connectivity index (χ1n) is 7.90. The van der Waals surface area contributed by atoms with Gasteiger partial charge in [-0.3, -0.25) is 4.79 Å². The molecular formula is C18H27ClN4O. The second-order valence-corrected chi connectivity index (χ2v) is 7.03. The van der Waals surface area contributed by atoms with E-state index in [2.05, 4.69) is 31.2 Å². The fourth-order valence-corrected chi connectivity index (χ4v) is 2.28. The van der Waals surface area contributed by atoms with E-state index in [1.54, 1.807) is 10.9 Å². The first kappa shape index (κ1) is 20.2. The van der Waals surface area contributed by atoms with Crippen LogP contribution in [0, 0.1) is 6.92 Å². The molecule has 0 saturated carbocycles. The van der Waals surface area contributed by atoms with Gasteiger partial charge in [0.2, 0.25) is 0 Å². The maximum Gasteiger partial charge on any atom is 0.255 e. The van der Waals surface area contributed by atoms with Crippen LogP contribution in [0.15, 0.2) is 30.5 Å². The molecule has 0 unspecified atom stereocenters. The molecule has 1 aromatic heterocycles. The highest BCUT2D eigenvalue weighted by Gasteiger charge is 2.27. The maximum absolute atomic E-state index is 12.6. The van der Waals surface area contributed by atoms with Gasteiger partial charge in [0.25, 0.3) is 5.91 Å². The molecule has 1 atom stereocenters. The lowest BCUT2D eigenvalue weighted by Crippen LogP contribution is -2.38. The Balaban J connectivity index is 0.00000288. The van der Waals surface area contributed by atoms with Crippen molar-refractivity contribution in [1.82, 2.24) is 15.1 Å².